The third-order valence-electron chi connectivity index (χ3n) is 3.77. The Morgan fingerprint density at radius 3 is 2.60 bits per heavy atom. The molecule has 0 saturated heterocycles. The van der Waals surface area contributed by atoms with Crippen LogP contribution < -0.4 is 0 Å². The second-order valence-electron chi connectivity index (χ2n) is 5.36. The predicted molar refractivity (Wildman–Crippen MR) is 95.0 cm³/mol. The molecule has 0 aliphatic carbocycles. The first kappa shape index (κ1) is 15.5. The Hall–Kier alpha value is -3.06. The van der Waals surface area contributed by atoms with Crippen molar-refractivity contribution < 1.29 is 4.21 Å². The molecule has 0 bridgehead atoms. The van der Waals surface area contributed by atoms with Gasteiger partial charge in [-0.15, -0.1) is 0 Å². The predicted octanol–water partition coefficient (Wildman–Crippen LogP) is 2.76. The van der Waals surface area contributed by atoms with E-state index in [1.54, 1.807) is 35.7 Å². The zero-order valence-corrected chi connectivity index (χ0v) is 14.1. The molecule has 0 saturated carbocycles. The van der Waals surface area contributed by atoms with Gasteiger partial charge < -0.3 is 4.57 Å². The number of aromatic nitrogens is 5. The first-order chi connectivity index (χ1) is 12.3. The minimum Gasteiger partial charge on any atom is -0.306 e. The van der Waals surface area contributed by atoms with Gasteiger partial charge in [-0.1, -0.05) is 24.3 Å². The van der Waals surface area contributed by atoms with Gasteiger partial charge in [0, 0.05) is 31.0 Å². The first-order valence-electron chi connectivity index (χ1n) is 7.72. The molecule has 0 aliphatic heterocycles. The third kappa shape index (κ3) is 3.14. The molecule has 0 fully saturated rings. The average molecular weight is 349 g/mol. The van der Waals surface area contributed by atoms with Crippen molar-refractivity contribution in [1.82, 2.24) is 24.1 Å². The molecule has 0 N–H and O–H groups in total. The Morgan fingerprint density at radius 2 is 1.80 bits per heavy atom. The number of benzene rings is 1. The summed E-state index contributed by atoms with van der Waals surface area (Å²) in [6, 6.07) is 13.5. The van der Waals surface area contributed by atoms with Crippen molar-refractivity contribution >= 4 is 10.8 Å². The molecule has 3 heterocycles. The van der Waals surface area contributed by atoms with Gasteiger partial charge in [-0.05, 0) is 23.8 Å². The van der Waals surface area contributed by atoms with Crippen molar-refractivity contribution in [2.75, 3.05) is 0 Å². The molecule has 6 nitrogen and oxygen atoms in total. The summed E-state index contributed by atoms with van der Waals surface area (Å²) in [5.41, 5.74) is 1.93. The zero-order chi connectivity index (χ0) is 17.1. The van der Waals surface area contributed by atoms with E-state index in [-0.39, 0.29) is 0 Å². The number of para-hydroxylation sites is 1. The standard InChI is InChI=1S/C18H15N5OS/c24-25(18-21-10-12-23(18)17-7-3-4-8-20-17)13-15-5-1-2-6-16(15)22-11-9-19-14-22/h1-12,14H,13H2. The van der Waals surface area contributed by atoms with Crippen LogP contribution in [-0.4, -0.2) is 28.3 Å². The van der Waals surface area contributed by atoms with Crippen molar-refractivity contribution in [3.63, 3.8) is 0 Å². The highest BCUT2D eigenvalue weighted by Crippen LogP contribution is 2.19. The Morgan fingerprint density at radius 1 is 0.920 bits per heavy atom. The minimum atomic E-state index is -1.31. The maximum absolute atomic E-state index is 13.0. The second kappa shape index (κ2) is 6.82. The van der Waals surface area contributed by atoms with Crippen molar-refractivity contribution in [3.05, 3.63) is 85.3 Å². The summed E-state index contributed by atoms with van der Waals surface area (Å²) in [6.07, 6.45) is 10.5. The fraction of sp³-hybridized carbons (Fsp3) is 0.0556. The van der Waals surface area contributed by atoms with Crippen LogP contribution in [-0.2, 0) is 16.6 Å². The van der Waals surface area contributed by atoms with Gasteiger partial charge in [-0.3, -0.25) is 8.78 Å². The van der Waals surface area contributed by atoms with E-state index in [9.17, 15) is 4.21 Å². The van der Waals surface area contributed by atoms with Crippen LogP contribution in [0.5, 0.6) is 0 Å². The molecular formula is C18H15N5OS. The van der Waals surface area contributed by atoms with Crippen molar-refractivity contribution in [1.29, 1.82) is 0 Å². The normalized spacial score (nSPS) is 12.2. The van der Waals surface area contributed by atoms with E-state index in [4.69, 9.17) is 0 Å². The minimum absolute atomic E-state index is 0.359. The van der Waals surface area contributed by atoms with E-state index in [2.05, 4.69) is 15.0 Å². The van der Waals surface area contributed by atoms with Crippen LogP contribution in [0.1, 0.15) is 5.56 Å². The van der Waals surface area contributed by atoms with E-state index in [1.807, 2.05) is 53.2 Å². The summed E-state index contributed by atoms with van der Waals surface area (Å²) in [7, 11) is -1.31. The highest BCUT2D eigenvalue weighted by molar-refractivity contribution is 7.84. The third-order valence-corrected chi connectivity index (χ3v) is 5.05. The van der Waals surface area contributed by atoms with E-state index in [1.165, 1.54) is 0 Å². The van der Waals surface area contributed by atoms with Gasteiger partial charge >= 0.3 is 0 Å². The lowest BCUT2D eigenvalue weighted by atomic mass is 10.2. The number of hydrogen-bond acceptors (Lipinski definition) is 4. The van der Waals surface area contributed by atoms with Crippen LogP contribution in [0.3, 0.4) is 0 Å². The van der Waals surface area contributed by atoms with E-state index in [0.29, 0.717) is 16.7 Å². The maximum atomic E-state index is 13.0. The van der Waals surface area contributed by atoms with Crippen LogP contribution >= 0.6 is 0 Å². The number of nitrogens with zero attached hydrogens (tertiary/aromatic N) is 5. The van der Waals surface area contributed by atoms with Gasteiger partial charge in [-0.25, -0.2) is 15.0 Å². The van der Waals surface area contributed by atoms with Gasteiger partial charge in [-0.2, -0.15) is 0 Å². The topological polar surface area (TPSA) is 65.6 Å². The van der Waals surface area contributed by atoms with Crippen molar-refractivity contribution in [2.45, 2.75) is 10.9 Å². The van der Waals surface area contributed by atoms with Gasteiger partial charge in [0.25, 0.3) is 0 Å². The molecular weight excluding hydrogens is 334 g/mol. The quantitative estimate of drug-likeness (QED) is 0.556. The Bertz CT molecular complexity index is 995. The Kier molecular flexibility index (Phi) is 4.22. The molecule has 1 unspecified atom stereocenters. The summed E-state index contributed by atoms with van der Waals surface area (Å²) in [6.45, 7) is 0. The second-order valence-corrected chi connectivity index (χ2v) is 6.70. The molecule has 4 aromatic rings. The van der Waals surface area contributed by atoms with E-state index < -0.39 is 10.8 Å². The van der Waals surface area contributed by atoms with E-state index >= 15 is 0 Å². The van der Waals surface area contributed by atoms with Crippen LogP contribution in [0.4, 0.5) is 0 Å². The zero-order valence-electron chi connectivity index (χ0n) is 13.3. The number of pyridine rings is 1. The van der Waals surface area contributed by atoms with Gasteiger partial charge in [0.1, 0.15) is 5.82 Å². The summed E-state index contributed by atoms with van der Waals surface area (Å²) in [4.78, 5) is 12.7. The van der Waals surface area contributed by atoms with Crippen LogP contribution in [0.25, 0.3) is 11.5 Å². The molecule has 4 rings (SSSR count). The lowest BCUT2D eigenvalue weighted by Crippen LogP contribution is -2.08. The monoisotopic (exact) mass is 349 g/mol. The van der Waals surface area contributed by atoms with Gasteiger partial charge in [0.05, 0.1) is 28.6 Å². The first-order valence-corrected chi connectivity index (χ1v) is 9.04. The molecule has 0 amide bonds. The molecule has 7 heteroatoms. The van der Waals surface area contributed by atoms with Gasteiger partial charge in [0.15, 0.2) is 0 Å². The summed E-state index contributed by atoms with van der Waals surface area (Å²) < 4.78 is 16.6. The Labute approximate surface area is 147 Å². The summed E-state index contributed by atoms with van der Waals surface area (Å²) in [5, 5.41) is 0.485. The van der Waals surface area contributed by atoms with Crippen molar-refractivity contribution in [2.24, 2.45) is 0 Å². The molecule has 0 radical (unpaired) electrons. The summed E-state index contributed by atoms with van der Waals surface area (Å²) >= 11 is 0. The lowest BCUT2D eigenvalue weighted by molar-refractivity contribution is 0.671. The maximum Gasteiger partial charge on any atom is 0.205 e. The molecule has 3 aromatic heterocycles. The largest absolute Gasteiger partial charge is 0.306 e. The number of rotatable bonds is 5. The summed E-state index contributed by atoms with van der Waals surface area (Å²) in [5.74, 6) is 1.06. The molecule has 124 valence electrons. The Balaban J connectivity index is 1.66. The fourth-order valence-electron chi connectivity index (χ4n) is 2.62. The fourth-order valence-corrected chi connectivity index (χ4v) is 3.83. The SMILES string of the molecule is O=S(Cc1ccccc1-n1ccnc1)c1nccn1-c1ccccn1. The highest BCUT2D eigenvalue weighted by Gasteiger charge is 2.15. The lowest BCUT2D eigenvalue weighted by Gasteiger charge is -2.11. The molecule has 1 atom stereocenters. The van der Waals surface area contributed by atoms with Crippen LogP contribution in [0.15, 0.2) is 84.9 Å². The van der Waals surface area contributed by atoms with Gasteiger partial charge in [0.2, 0.25) is 5.16 Å². The molecule has 0 aliphatic rings. The number of hydrogen-bond donors (Lipinski definition) is 0. The molecule has 0 spiro atoms. The van der Waals surface area contributed by atoms with E-state index in [0.717, 1.165) is 11.3 Å². The average Bonchev–Trinajstić information content (AvgIpc) is 3.35. The molecule has 1 aromatic carbocycles. The molecule has 25 heavy (non-hydrogen) atoms. The van der Waals surface area contributed by atoms with Crippen LogP contribution in [0.2, 0.25) is 0 Å². The van der Waals surface area contributed by atoms with Crippen molar-refractivity contribution in [3.8, 4) is 11.5 Å². The highest BCUT2D eigenvalue weighted by atomic mass is 32.2. The van der Waals surface area contributed by atoms with Crippen LogP contribution in [0, 0.1) is 0 Å². The smallest absolute Gasteiger partial charge is 0.205 e. The number of imidazole rings is 2.